The third-order valence-corrected chi connectivity index (χ3v) is 1.34. The van der Waals surface area contributed by atoms with E-state index in [4.69, 9.17) is 0 Å². The molecular formula is C10H22NPt-3. The van der Waals surface area contributed by atoms with E-state index in [9.17, 15) is 0 Å². The minimum absolute atomic E-state index is 0. The van der Waals surface area contributed by atoms with E-state index in [0.717, 1.165) is 19.5 Å². The van der Waals surface area contributed by atoms with Crippen molar-refractivity contribution in [2.75, 3.05) is 13.1 Å². The normalized spacial score (nSPS) is 7.58. The van der Waals surface area contributed by atoms with Crippen LogP contribution in [0.25, 0.3) is 0 Å². The van der Waals surface area contributed by atoms with Gasteiger partial charge in [-0.3, -0.25) is 6.54 Å². The minimum Gasteiger partial charge on any atom is -0.457 e. The van der Waals surface area contributed by atoms with Gasteiger partial charge in [-0.1, -0.05) is 13.8 Å². The molecule has 0 bridgehead atoms. The van der Waals surface area contributed by atoms with Crippen LogP contribution < -0.4 is 0 Å². The van der Waals surface area contributed by atoms with Crippen molar-refractivity contribution in [1.82, 2.24) is 4.90 Å². The van der Waals surface area contributed by atoms with Crippen molar-refractivity contribution in [3.05, 3.63) is 34.1 Å². The van der Waals surface area contributed by atoms with Crippen molar-refractivity contribution >= 4 is 0 Å². The molecule has 0 amide bonds. The molecule has 0 rings (SSSR count). The van der Waals surface area contributed by atoms with E-state index in [1.54, 1.807) is 0 Å². The van der Waals surface area contributed by atoms with Gasteiger partial charge in [0.15, 0.2) is 0 Å². The quantitative estimate of drug-likeness (QED) is 0.544. The Kier molecular flexibility index (Phi) is 33.2. The molecule has 0 saturated carbocycles. The monoisotopic (exact) mass is 351 g/mol. The smallest absolute Gasteiger partial charge is 0 e. The molecule has 0 aliphatic carbocycles. The second-order valence-corrected chi connectivity index (χ2v) is 1.93. The van der Waals surface area contributed by atoms with E-state index in [1.807, 2.05) is 6.08 Å². The van der Waals surface area contributed by atoms with Crippen molar-refractivity contribution in [3.8, 4) is 0 Å². The summed E-state index contributed by atoms with van der Waals surface area (Å²) in [4.78, 5) is 2.27. The van der Waals surface area contributed by atoms with Gasteiger partial charge in [-0.15, -0.1) is 19.1 Å². The number of nitrogens with zero attached hydrogens (tertiary/aromatic N) is 1. The standard InChI is InChI=1S/C8H16N.2CH3.Pt/c1-4-7-8-9(5-2)6-3;;;/h4,8H,1,5-7H2,2-3H3;2*1H3;/q3*-1;. The molecule has 0 unspecified atom stereocenters. The van der Waals surface area contributed by atoms with E-state index in [2.05, 4.69) is 31.9 Å². The third-order valence-electron chi connectivity index (χ3n) is 1.34. The molecular weight excluding hydrogens is 329 g/mol. The summed E-state index contributed by atoms with van der Waals surface area (Å²) in [5.74, 6) is 0. The second-order valence-electron chi connectivity index (χ2n) is 1.93. The van der Waals surface area contributed by atoms with E-state index < -0.39 is 0 Å². The van der Waals surface area contributed by atoms with Gasteiger partial charge in [0.05, 0.1) is 0 Å². The summed E-state index contributed by atoms with van der Waals surface area (Å²) in [6, 6.07) is 0. The van der Waals surface area contributed by atoms with Crippen molar-refractivity contribution in [3.63, 3.8) is 0 Å². The zero-order valence-corrected chi connectivity index (χ0v) is 11.0. The van der Waals surface area contributed by atoms with Crippen LogP contribution in [0.15, 0.2) is 12.7 Å². The molecule has 0 aliphatic rings. The molecule has 80 valence electrons. The van der Waals surface area contributed by atoms with Gasteiger partial charge in [0.25, 0.3) is 0 Å². The van der Waals surface area contributed by atoms with Crippen LogP contribution in [-0.4, -0.2) is 18.0 Å². The molecule has 0 fully saturated rings. The van der Waals surface area contributed by atoms with Gasteiger partial charge in [-0.05, 0) is 13.1 Å². The Labute approximate surface area is 93.5 Å². The van der Waals surface area contributed by atoms with E-state index in [1.165, 1.54) is 0 Å². The van der Waals surface area contributed by atoms with Crippen LogP contribution in [0.2, 0.25) is 0 Å². The summed E-state index contributed by atoms with van der Waals surface area (Å²) in [6.07, 6.45) is 2.90. The predicted octanol–water partition coefficient (Wildman–Crippen LogP) is 2.96. The van der Waals surface area contributed by atoms with Crippen LogP contribution >= 0.6 is 0 Å². The number of rotatable bonds is 5. The van der Waals surface area contributed by atoms with Crippen LogP contribution in [-0.2, 0) is 21.1 Å². The molecule has 0 aliphatic heterocycles. The maximum Gasteiger partial charge on any atom is 0 e. The fourth-order valence-electron chi connectivity index (χ4n) is 0.705. The van der Waals surface area contributed by atoms with Gasteiger partial charge in [-0.2, -0.15) is 0 Å². The maximum absolute atomic E-state index is 3.64. The summed E-state index contributed by atoms with van der Waals surface area (Å²) in [6.45, 7) is 12.3. The zero-order valence-electron chi connectivity index (χ0n) is 8.75. The third kappa shape index (κ3) is 13.0. The average Bonchev–Trinajstić information content (AvgIpc) is 1.91. The molecule has 0 spiro atoms. The summed E-state index contributed by atoms with van der Waals surface area (Å²) >= 11 is 0. The molecule has 0 N–H and O–H groups in total. The first-order valence-electron chi connectivity index (χ1n) is 3.53. The van der Waals surface area contributed by atoms with Crippen LogP contribution in [0.3, 0.4) is 0 Å². The maximum atomic E-state index is 3.64. The summed E-state index contributed by atoms with van der Waals surface area (Å²) < 4.78 is 0. The van der Waals surface area contributed by atoms with E-state index in [-0.39, 0.29) is 35.9 Å². The minimum atomic E-state index is 0. The number of hydrogen-bond acceptors (Lipinski definition) is 1. The molecule has 12 heavy (non-hydrogen) atoms. The molecule has 0 aromatic rings. The Balaban J connectivity index is -0.000000107. The van der Waals surface area contributed by atoms with Gasteiger partial charge in [0.1, 0.15) is 0 Å². The Morgan fingerprint density at radius 3 is 1.92 bits per heavy atom. The van der Waals surface area contributed by atoms with Crippen molar-refractivity contribution in [2.45, 2.75) is 20.3 Å². The van der Waals surface area contributed by atoms with Crippen LogP contribution in [0.5, 0.6) is 0 Å². The topological polar surface area (TPSA) is 3.24 Å². The van der Waals surface area contributed by atoms with Crippen molar-refractivity contribution < 1.29 is 21.1 Å². The fourth-order valence-corrected chi connectivity index (χ4v) is 0.705. The Hall–Kier alpha value is 0.388. The predicted molar refractivity (Wildman–Crippen MR) is 54.9 cm³/mol. The van der Waals surface area contributed by atoms with Gasteiger partial charge in [0, 0.05) is 21.1 Å². The summed E-state index contributed by atoms with van der Waals surface area (Å²) in [7, 11) is 0. The van der Waals surface area contributed by atoms with Crippen LogP contribution in [0, 0.1) is 21.4 Å². The Bertz CT molecular complexity index is 70.2. The van der Waals surface area contributed by atoms with E-state index >= 15 is 0 Å². The molecule has 0 saturated heterocycles. The first-order valence-corrected chi connectivity index (χ1v) is 3.53. The Morgan fingerprint density at radius 1 is 1.25 bits per heavy atom. The van der Waals surface area contributed by atoms with Gasteiger partial charge < -0.3 is 19.8 Å². The fraction of sp³-hybridized carbons (Fsp3) is 0.500. The van der Waals surface area contributed by atoms with Gasteiger partial charge >= 0.3 is 0 Å². The largest absolute Gasteiger partial charge is 0.457 e. The average molecular weight is 351 g/mol. The molecule has 0 aromatic heterocycles. The molecule has 0 heterocycles. The first-order chi connectivity index (χ1) is 4.35. The van der Waals surface area contributed by atoms with E-state index in [0.29, 0.717) is 0 Å². The SMILES string of the molecule is C=CC[CH-]N(CC)CC.[CH3-].[CH3-].[Pt]. The summed E-state index contributed by atoms with van der Waals surface area (Å²) in [5.41, 5.74) is 0. The van der Waals surface area contributed by atoms with Gasteiger partial charge in [0.2, 0.25) is 0 Å². The molecule has 1 nitrogen and oxygen atoms in total. The van der Waals surface area contributed by atoms with Crippen molar-refractivity contribution in [1.29, 1.82) is 0 Å². The van der Waals surface area contributed by atoms with Crippen LogP contribution in [0.4, 0.5) is 0 Å². The Morgan fingerprint density at radius 2 is 1.67 bits per heavy atom. The second kappa shape index (κ2) is 17.5. The van der Waals surface area contributed by atoms with Crippen molar-refractivity contribution in [2.24, 2.45) is 0 Å². The molecule has 0 radical (unpaired) electrons. The number of hydrogen-bond donors (Lipinski definition) is 0. The molecule has 2 heteroatoms. The molecule has 0 atom stereocenters. The summed E-state index contributed by atoms with van der Waals surface area (Å²) in [5, 5.41) is 0. The first kappa shape index (κ1) is 22.8. The zero-order chi connectivity index (χ0) is 7.11. The van der Waals surface area contributed by atoms with Crippen LogP contribution in [0.1, 0.15) is 20.3 Å². The van der Waals surface area contributed by atoms with Gasteiger partial charge in [-0.25, -0.2) is 0 Å². The molecule has 0 aromatic carbocycles.